The third-order valence-corrected chi connectivity index (χ3v) is 9.81. The Kier molecular flexibility index (Phi) is 5.26. The fourth-order valence-electron chi connectivity index (χ4n) is 5.33. The molecule has 2 aromatic heterocycles. The third-order valence-electron chi connectivity index (χ3n) is 7.08. The maximum absolute atomic E-state index is 4.98. The molecule has 0 saturated carbocycles. The second-order valence-corrected chi connectivity index (χ2v) is 11.7. The van der Waals surface area contributed by atoms with Crippen LogP contribution in [0.3, 0.4) is 0 Å². The molecule has 0 N–H and O–H groups in total. The maximum atomic E-state index is 4.98. The number of hydrogen-bond acceptors (Lipinski definition) is 1. The smallest absolute Gasteiger partial charge is 0.145 e. The summed E-state index contributed by atoms with van der Waals surface area (Å²) in [5, 5.41) is 5.25. The Morgan fingerprint density at radius 3 is 2.44 bits per heavy atom. The highest BCUT2D eigenvalue weighted by atomic mass is 31.1. The van der Waals surface area contributed by atoms with Gasteiger partial charge in [-0.2, -0.15) is 0 Å². The lowest BCUT2D eigenvalue weighted by atomic mass is 10.1. The number of hydrogen-bond donors (Lipinski definition) is 0. The van der Waals surface area contributed by atoms with Gasteiger partial charge in [0.2, 0.25) is 0 Å². The fourth-order valence-corrected chi connectivity index (χ4v) is 8.02. The first-order valence-corrected chi connectivity index (χ1v) is 13.8. The molecule has 0 bridgehead atoms. The van der Waals surface area contributed by atoms with Gasteiger partial charge in [-0.15, -0.1) is 0 Å². The molecule has 1 aliphatic rings. The fraction of sp³-hybridized carbons (Fsp3) is 0.0606. The van der Waals surface area contributed by atoms with Crippen molar-refractivity contribution in [1.82, 2.24) is 9.38 Å². The Bertz CT molecular complexity index is 1780. The van der Waals surface area contributed by atoms with Crippen molar-refractivity contribution in [2.45, 2.75) is 12.1 Å². The van der Waals surface area contributed by atoms with Gasteiger partial charge in [-0.05, 0) is 65.7 Å². The first kappa shape index (κ1) is 21.3. The van der Waals surface area contributed by atoms with Crippen LogP contribution in [0.25, 0.3) is 38.6 Å². The summed E-state index contributed by atoms with van der Waals surface area (Å²) in [7, 11) is -0.505. The van der Waals surface area contributed by atoms with Crippen molar-refractivity contribution in [2.24, 2.45) is 0 Å². The normalized spacial score (nSPS) is 16.2. The van der Waals surface area contributed by atoms with E-state index in [2.05, 4.69) is 138 Å². The van der Waals surface area contributed by atoms with Gasteiger partial charge in [0, 0.05) is 17.2 Å². The van der Waals surface area contributed by atoms with Crippen molar-refractivity contribution in [2.75, 3.05) is 0 Å². The van der Waals surface area contributed by atoms with Gasteiger partial charge in [0.05, 0.1) is 11.0 Å². The molecule has 0 radical (unpaired) electrons. The number of nitrogens with zero attached hydrogens (tertiary/aromatic N) is 2. The maximum Gasteiger partial charge on any atom is 0.145 e. The summed E-state index contributed by atoms with van der Waals surface area (Å²) in [5.74, 6) is 0. The molecule has 2 unspecified atom stereocenters. The second kappa shape index (κ2) is 8.90. The average molecular weight is 481 g/mol. The van der Waals surface area contributed by atoms with Crippen LogP contribution < -0.4 is 10.6 Å². The van der Waals surface area contributed by atoms with E-state index in [0.717, 1.165) is 23.1 Å². The number of allylic oxidation sites excluding steroid dienone is 4. The minimum Gasteiger partial charge on any atom is -0.299 e. The zero-order valence-electron chi connectivity index (χ0n) is 19.8. The zero-order valence-corrected chi connectivity index (χ0v) is 20.7. The van der Waals surface area contributed by atoms with Gasteiger partial charge in [0.1, 0.15) is 5.65 Å². The first-order valence-electron chi connectivity index (χ1n) is 12.4. The van der Waals surface area contributed by atoms with E-state index in [0.29, 0.717) is 5.66 Å². The Morgan fingerprint density at radius 1 is 0.722 bits per heavy atom. The predicted octanol–water partition coefficient (Wildman–Crippen LogP) is 7.63. The quantitative estimate of drug-likeness (QED) is 0.237. The standard InChI is InChI=1S/C33H25N2P/c1-3-12-27(13-4-1)36(28-14-5-2-6-15-28)29-16-9-11-25(22-29)26-18-19-31-32(23-26)35-21-20-24-10-7-8-17-30(24)33(35)34-31/h1-14,16-23,28H,15H2. The van der Waals surface area contributed by atoms with Gasteiger partial charge in [0.15, 0.2) is 0 Å². The van der Waals surface area contributed by atoms with Gasteiger partial charge < -0.3 is 0 Å². The molecule has 36 heavy (non-hydrogen) atoms. The first-order chi connectivity index (χ1) is 17.8. The number of imidazole rings is 1. The van der Waals surface area contributed by atoms with Crippen LogP contribution in [0.1, 0.15) is 6.42 Å². The number of aromatic nitrogens is 2. The summed E-state index contributed by atoms with van der Waals surface area (Å²) in [5.41, 5.74) is 6.17. The Hall–Kier alpha value is -4.00. The lowest BCUT2D eigenvalue weighted by molar-refractivity contribution is 1.05. The van der Waals surface area contributed by atoms with E-state index in [9.17, 15) is 0 Å². The summed E-state index contributed by atoms with van der Waals surface area (Å²) in [6.07, 6.45) is 12.3. The molecule has 172 valence electrons. The number of fused-ring (bicyclic) bond motifs is 5. The molecule has 0 aliphatic heterocycles. The van der Waals surface area contributed by atoms with Gasteiger partial charge in [-0.25, -0.2) is 4.98 Å². The molecule has 0 spiro atoms. The minimum absolute atomic E-state index is 0.505. The summed E-state index contributed by atoms with van der Waals surface area (Å²) >= 11 is 0. The molecule has 4 aromatic carbocycles. The van der Waals surface area contributed by atoms with Gasteiger partial charge in [0.25, 0.3) is 0 Å². The van der Waals surface area contributed by atoms with E-state index < -0.39 is 7.92 Å². The van der Waals surface area contributed by atoms with Crippen molar-refractivity contribution in [1.29, 1.82) is 0 Å². The Balaban J connectivity index is 1.35. The largest absolute Gasteiger partial charge is 0.299 e. The molecule has 2 atom stereocenters. The van der Waals surface area contributed by atoms with E-state index >= 15 is 0 Å². The SMILES string of the molecule is C1=CCC(P(c2ccccc2)c2cccc(-c3ccc4nc5c6ccccc6ccn5c4c3)c2)C=C1. The average Bonchev–Trinajstić information content (AvgIpc) is 3.33. The molecular formula is C33H25N2P. The molecule has 1 aliphatic carbocycles. The molecule has 0 saturated heterocycles. The third kappa shape index (κ3) is 3.66. The van der Waals surface area contributed by atoms with Crippen LogP contribution in [0.15, 0.2) is 134 Å². The summed E-state index contributed by atoms with van der Waals surface area (Å²) in [6.45, 7) is 0. The minimum atomic E-state index is -0.505. The second-order valence-electron chi connectivity index (χ2n) is 9.28. The summed E-state index contributed by atoms with van der Waals surface area (Å²) in [6, 6.07) is 37.5. The lowest BCUT2D eigenvalue weighted by Gasteiger charge is -2.27. The van der Waals surface area contributed by atoms with Crippen molar-refractivity contribution in [3.63, 3.8) is 0 Å². The number of pyridine rings is 1. The number of benzene rings is 4. The van der Waals surface area contributed by atoms with Gasteiger partial charge in [-0.1, -0.05) is 103 Å². The molecule has 6 aromatic rings. The van der Waals surface area contributed by atoms with Crippen LogP contribution in [-0.2, 0) is 0 Å². The Morgan fingerprint density at radius 2 is 1.56 bits per heavy atom. The monoisotopic (exact) mass is 480 g/mol. The van der Waals surface area contributed by atoms with E-state index in [1.165, 1.54) is 32.5 Å². The van der Waals surface area contributed by atoms with E-state index in [1.54, 1.807) is 0 Å². The van der Waals surface area contributed by atoms with Gasteiger partial charge >= 0.3 is 0 Å². The van der Waals surface area contributed by atoms with E-state index in [1.807, 2.05) is 0 Å². The zero-order chi connectivity index (χ0) is 23.9. The van der Waals surface area contributed by atoms with Crippen LogP contribution in [0.2, 0.25) is 0 Å². The van der Waals surface area contributed by atoms with Gasteiger partial charge in [-0.3, -0.25) is 4.40 Å². The highest BCUT2D eigenvalue weighted by Gasteiger charge is 2.23. The van der Waals surface area contributed by atoms with Crippen molar-refractivity contribution in [3.8, 4) is 11.1 Å². The molecule has 0 amide bonds. The van der Waals surface area contributed by atoms with Crippen LogP contribution in [0, 0.1) is 0 Å². The lowest BCUT2D eigenvalue weighted by Crippen LogP contribution is -2.21. The highest BCUT2D eigenvalue weighted by Crippen LogP contribution is 2.43. The Labute approximate surface area is 212 Å². The molecule has 0 fully saturated rings. The van der Waals surface area contributed by atoms with Crippen LogP contribution in [-0.4, -0.2) is 15.0 Å². The topological polar surface area (TPSA) is 17.3 Å². The molecule has 2 nitrogen and oxygen atoms in total. The van der Waals surface area contributed by atoms with Crippen LogP contribution in [0.4, 0.5) is 0 Å². The predicted molar refractivity (Wildman–Crippen MR) is 155 cm³/mol. The van der Waals surface area contributed by atoms with Crippen molar-refractivity contribution < 1.29 is 0 Å². The molecule has 2 heterocycles. The molecule has 7 rings (SSSR count). The van der Waals surface area contributed by atoms with Crippen LogP contribution >= 0.6 is 7.92 Å². The highest BCUT2D eigenvalue weighted by molar-refractivity contribution is 7.73. The van der Waals surface area contributed by atoms with E-state index in [4.69, 9.17) is 4.98 Å². The van der Waals surface area contributed by atoms with E-state index in [-0.39, 0.29) is 0 Å². The van der Waals surface area contributed by atoms with Crippen LogP contribution in [0.5, 0.6) is 0 Å². The van der Waals surface area contributed by atoms with Crippen molar-refractivity contribution >= 4 is 46.0 Å². The summed E-state index contributed by atoms with van der Waals surface area (Å²) in [4.78, 5) is 4.98. The summed E-state index contributed by atoms with van der Waals surface area (Å²) < 4.78 is 2.22. The number of rotatable bonds is 4. The molecular weight excluding hydrogens is 455 g/mol. The van der Waals surface area contributed by atoms with Crippen molar-refractivity contribution in [3.05, 3.63) is 134 Å². The molecule has 3 heteroatoms.